The summed E-state index contributed by atoms with van der Waals surface area (Å²) in [4.78, 5) is 0. The number of nitrogens with two attached hydrogens (primary N) is 1. The molecule has 94 valence electrons. The standard InChI is InChI=1S/C15H23NS/c1-6-7-12(3)15(16)14(5)10-13(4)11(2)8-9-17/h8-10H,3,6-7,16H2,1-2,4-5H3. The fourth-order valence-corrected chi connectivity index (χ4v) is 1.67. The fraction of sp³-hybridized carbons (Fsp3) is 0.400. The molecule has 0 amide bonds. The Kier molecular flexibility index (Phi) is 7.47. The lowest BCUT2D eigenvalue weighted by atomic mass is 10.0. The van der Waals surface area contributed by atoms with Gasteiger partial charge in [-0.1, -0.05) is 38.2 Å². The second kappa shape index (κ2) is 8.02. The Labute approximate surface area is 111 Å². The Morgan fingerprint density at radius 2 is 1.82 bits per heavy atom. The van der Waals surface area contributed by atoms with Crippen molar-refractivity contribution in [2.24, 2.45) is 5.73 Å². The van der Waals surface area contributed by atoms with Gasteiger partial charge in [0.25, 0.3) is 0 Å². The van der Waals surface area contributed by atoms with Crippen LogP contribution in [0.4, 0.5) is 0 Å². The molecule has 1 nitrogen and oxygen atoms in total. The molecule has 0 radical (unpaired) electrons. The second-order valence-corrected chi connectivity index (χ2v) is 4.54. The van der Waals surface area contributed by atoms with E-state index >= 15 is 0 Å². The highest BCUT2D eigenvalue weighted by Crippen LogP contribution is 2.17. The van der Waals surface area contributed by atoms with Crippen LogP contribution in [0.1, 0.15) is 40.5 Å². The van der Waals surface area contributed by atoms with E-state index in [0.29, 0.717) is 0 Å². The molecule has 0 rings (SSSR count). The summed E-state index contributed by atoms with van der Waals surface area (Å²) in [5, 5.41) is 1.63. The highest BCUT2D eigenvalue weighted by atomic mass is 32.1. The zero-order valence-electron chi connectivity index (χ0n) is 11.3. The van der Waals surface area contributed by atoms with Gasteiger partial charge in [0.05, 0.1) is 0 Å². The Bertz CT molecular complexity index is 384. The summed E-state index contributed by atoms with van der Waals surface area (Å²) < 4.78 is 0. The predicted octanol–water partition coefficient (Wildman–Crippen LogP) is 4.47. The lowest BCUT2D eigenvalue weighted by Gasteiger charge is -2.08. The van der Waals surface area contributed by atoms with Crippen molar-refractivity contribution < 1.29 is 0 Å². The van der Waals surface area contributed by atoms with Crippen LogP contribution in [0.3, 0.4) is 0 Å². The van der Waals surface area contributed by atoms with Gasteiger partial charge in [-0.05, 0) is 55.6 Å². The number of allylic oxidation sites excluding steroid dienone is 6. The van der Waals surface area contributed by atoms with Gasteiger partial charge in [0, 0.05) is 11.1 Å². The van der Waals surface area contributed by atoms with Crippen LogP contribution in [0.25, 0.3) is 0 Å². The van der Waals surface area contributed by atoms with Gasteiger partial charge in [0.2, 0.25) is 0 Å². The number of thiocarbonyl (C=S) groups is 1. The minimum absolute atomic E-state index is 0.807. The minimum atomic E-state index is 0.807. The molecule has 0 aromatic heterocycles. The molecule has 0 heterocycles. The summed E-state index contributed by atoms with van der Waals surface area (Å²) in [7, 11) is 0. The number of hydrogen-bond donors (Lipinski definition) is 1. The third-order valence-electron chi connectivity index (χ3n) is 2.73. The van der Waals surface area contributed by atoms with Gasteiger partial charge in [-0.15, -0.1) is 0 Å². The molecule has 0 aliphatic rings. The average molecular weight is 249 g/mol. The molecule has 0 saturated heterocycles. The molecule has 2 heteroatoms. The van der Waals surface area contributed by atoms with E-state index in [2.05, 4.69) is 26.5 Å². The first-order chi connectivity index (χ1) is 7.93. The van der Waals surface area contributed by atoms with Crippen molar-refractivity contribution in [3.63, 3.8) is 0 Å². The van der Waals surface area contributed by atoms with E-state index < -0.39 is 0 Å². The maximum Gasteiger partial charge on any atom is 0.0370 e. The van der Waals surface area contributed by atoms with Crippen LogP contribution >= 0.6 is 12.2 Å². The highest BCUT2D eigenvalue weighted by molar-refractivity contribution is 7.79. The van der Waals surface area contributed by atoms with Crippen molar-refractivity contribution >= 4 is 17.6 Å². The molecule has 0 aliphatic carbocycles. The van der Waals surface area contributed by atoms with Gasteiger partial charge in [0.1, 0.15) is 0 Å². The minimum Gasteiger partial charge on any atom is -0.398 e. The smallest absolute Gasteiger partial charge is 0.0370 e. The van der Waals surface area contributed by atoms with Crippen molar-refractivity contribution in [2.45, 2.75) is 40.5 Å². The van der Waals surface area contributed by atoms with Gasteiger partial charge >= 0.3 is 0 Å². The fourth-order valence-electron chi connectivity index (χ4n) is 1.47. The molecule has 0 atom stereocenters. The van der Waals surface area contributed by atoms with Crippen molar-refractivity contribution in [3.8, 4) is 0 Å². The van der Waals surface area contributed by atoms with Gasteiger partial charge in [-0.2, -0.15) is 0 Å². The molecule has 0 aromatic rings. The Morgan fingerprint density at radius 1 is 1.24 bits per heavy atom. The molecule has 0 spiro atoms. The van der Waals surface area contributed by atoms with Crippen LogP contribution in [-0.2, 0) is 0 Å². The van der Waals surface area contributed by atoms with Crippen LogP contribution in [0.2, 0.25) is 0 Å². The SMILES string of the molecule is C=C(CCC)C(N)=C(C)C=C(C)C(C)=CC=S. The summed E-state index contributed by atoms with van der Waals surface area (Å²) in [6.07, 6.45) is 6.02. The van der Waals surface area contributed by atoms with Gasteiger partial charge < -0.3 is 5.73 Å². The first kappa shape index (κ1) is 15.9. The van der Waals surface area contributed by atoms with Gasteiger partial charge in [-0.3, -0.25) is 0 Å². The van der Waals surface area contributed by atoms with Gasteiger partial charge in [0.15, 0.2) is 0 Å². The number of rotatable bonds is 6. The maximum atomic E-state index is 6.06. The van der Waals surface area contributed by atoms with Crippen molar-refractivity contribution in [2.75, 3.05) is 0 Å². The molecular formula is C15H23NS. The zero-order chi connectivity index (χ0) is 13.4. The van der Waals surface area contributed by atoms with E-state index in [1.807, 2.05) is 19.9 Å². The highest BCUT2D eigenvalue weighted by Gasteiger charge is 2.01. The Morgan fingerprint density at radius 3 is 2.29 bits per heavy atom. The van der Waals surface area contributed by atoms with E-state index in [1.54, 1.807) is 5.37 Å². The van der Waals surface area contributed by atoms with Crippen molar-refractivity contribution in [1.29, 1.82) is 0 Å². The zero-order valence-corrected chi connectivity index (χ0v) is 12.2. The lowest BCUT2D eigenvalue weighted by Crippen LogP contribution is -2.03. The summed E-state index contributed by atoms with van der Waals surface area (Å²) >= 11 is 4.81. The molecule has 0 saturated carbocycles. The van der Waals surface area contributed by atoms with E-state index in [1.165, 1.54) is 5.57 Å². The molecule has 0 aliphatic heterocycles. The summed E-state index contributed by atoms with van der Waals surface area (Å²) in [6, 6.07) is 0. The van der Waals surface area contributed by atoms with Crippen LogP contribution < -0.4 is 5.73 Å². The molecule has 2 N–H and O–H groups in total. The van der Waals surface area contributed by atoms with E-state index in [0.717, 1.165) is 35.3 Å². The monoisotopic (exact) mass is 249 g/mol. The topological polar surface area (TPSA) is 26.0 Å². The summed E-state index contributed by atoms with van der Waals surface area (Å²) in [5.74, 6) is 0. The van der Waals surface area contributed by atoms with Crippen LogP contribution in [0.15, 0.2) is 46.7 Å². The lowest BCUT2D eigenvalue weighted by molar-refractivity contribution is 0.907. The van der Waals surface area contributed by atoms with E-state index in [-0.39, 0.29) is 0 Å². The quantitative estimate of drug-likeness (QED) is 0.427. The van der Waals surface area contributed by atoms with Crippen molar-refractivity contribution in [1.82, 2.24) is 0 Å². The third-order valence-corrected chi connectivity index (χ3v) is 2.87. The van der Waals surface area contributed by atoms with Crippen molar-refractivity contribution in [3.05, 3.63) is 46.7 Å². The molecule has 0 bridgehead atoms. The summed E-state index contributed by atoms with van der Waals surface area (Å²) in [6.45, 7) is 12.2. The van der Waals surface area contributed by atoms with Gasteiger partial charge in [-0.25, -0.2) is 0 Å². The average Bonchev–Trinajstić information content (AvgIpc) is 2.28. The normalized spacial score (nSPS) is 14.4. The third kappa shape index (κ3) is 5.64. The number of hydrogen-bond acceptors (Lipinski definition) is 2. The first-order valence-corrected chi connectivity index (χ1v) is 6.36. The molecule has 0 aromatic carbocycles. The predicted molar refractivity (Wildman–Crippen MR) is 82.1 cm³/mol. The Balaban J connectivity index is 5.05. The summed E-state index contributed by atoms with van der Waals surface area (Å²) in [5.41, 5.74) is 11.3. The molecule has 17 heavy (non-hydrogen) atoms. The first-order valence-electron chi connectivity index (χ1n) is 5.89. The molecular weight excluding hydrogens is 226 g/mol. The Hall–Kier alpha value is -1.15. The second-order valence-electron chi connectivity index (χ2n) is 4.26. The van der Waals surface area contributed by atoms with Crippen LogP contribution in [-0.4, -0.2) is 5.37 Å². The largest absolute Gasteiger partial charge is 0.398 e. The van der Waals surface area contributed by atoms with Crippen LogP contribution in [0, 0.1) is 0 Å². The van der Waals surface area contributed by atoms with Crippen LogP contribution in [0.5, 0.6) is 0 Å². The van der Waals surface area contributed by atoms with E-state index in [4.69, 9.17) is 18.0 Å². The molecule has 0 unspecified atom stereocenters. The molecule has 0 fully saturated rings. The maximum absolute atomic E-state index is 6.06. The van der Waals surface area contributed by atoms with E-state index in [9.17, 15) is 0 Å².